The van der Waals surface area contributed by atoms with Crippen LogP contribution in [0.2, 0.25) is 4.34 Å². The zero-order chi connectivity index (χ0) is 14.1. The molecule has 0 aromatic carbocycles. The van der Waals surface area contributed by atoms with Gasteiger partial charge in [-0.3, -0.25) is 4.79 Å². The maximum atomic E-state index is 12.3. The van der Waals surface area contributed by atoms with E-state index in [1.165, 1.54) is 29.4 Å². The molecular weight excluding hydrogens is 316 g/mol. The van der Waals surface area contributed by atoms with Crippen LogP contribution in [-0.4, -0.2) is 31.0 Å². The van der Waals surface area contributed by atoms with Gasteiger partial charge in [-0.25, -0.2) is 15.0 Å². The van der Waals surface area contributed by atoms with E-state index in [-0.39, 0.29) is 11.0 Å². The molecule has 0 aliphatic carbocycles. The number of carbonyl (C=O) groups is 1. The van der Waals surface area contributed by atoms with Crippen molar-refractivity contribution in [2.45, 2.75) is 17.2 Å². The molecule has 1 N–H and O–H groups in total. The summed E-state index contributed by atoms with van der Waals surface area (Å²) in [7, 11) is 0. The molecule has 0 amide bonds. The molecule has 0 aliphatic rings. The molecule has 0 radical (unpaired) electrons. The van der Waals surface area contributed by atoms with Crippen LogP contribution < -0.4 is 0 Å². The zero-order valence-electron chi connectivity index (χ0n) is 10.3. The van der Waals surface area contributed by atoms with E-state index in [2.05, 4.69) is 19.9 Å². The van der Waals surface area contributed by atoms with Crippen LogP contribution in [0.15, 0.2) is 29.8 Å². The lowest BCUT2D eigenvalue weighted by Crippen LogP contribution is -2.12. The van der Waals surface area contributed by atoms with Crippen LogP contribution >= 0.6 is 34.7 Å². The Morgan fingerprint density at radius 3 is 3.00 bits per heavy atom. The topological polar surface area (TPSA) is 71.5 Å². The number of carbonyl (C=O) groups excluding carboxylic acids is 1. The van der Waals surface area contributed by atoms with Crippen LogP contribution in [0.1, 0.15) is 16.6 Å². The lowest BCUT2D eigenvalue weighted by atomic mass is 10.2. The third-order valence-corrected chi connectivity index (χ3v) is 5.01. The zero-order valence-corrected chi connectivity index (χ0v) is 12.7. The summed E-state index contributed by atoms with van der Waals surface area (Å²) in [6, 6.07) is 3.48. The molecule has 1 atom stereocenters. The third kappa shape index (κ3) is 2.56. The Morgan fingerprint density at radius 1 is 1.40 bits per heavy atom. The van der Waals surface area contributed by atoms with E-state index in [1.807, 2.05) is 6.92 Å². The Labute approximate surface area is 127 Å². The fraction of sp³-hybridized carbons (Fsp3) is 0.167. The summed E-state index contributed by atoms with van der Waals surface area (Å²) < 4.78 is 0.614. The predicted molar refractivity (Wildman–Crippen MR) is 80.7 cm³/mol. The highest BCUT2D eigenvalue weighted by atomic mass is 35.5. The van der Waals surface area contributed by atoms with Crippen LogP contribution in [0, 0.1) is 0 Å². The SMILES string of the molecule is CC(Sc1ncnc2nc[nH]c12)C(=O)c1ccc(Cl)s1. The first-order chi connectivity index (χ1) is 9.65. The van der Waals surface area contributed by atoms with E-state index in [0.29, 0.717) is 14.9 Å². The van der Waals surface area contributed by atoms with Gasteiger partial charge in [-0.15, -0.1) is 11.3 Å². The minimum Gasteiger partial charge on any atom is -0.341 e. The summed E-state index contributed by atoms with van der Waals surface area (Å²) in [5, 5.41) is 0.460. The van der Waals surface area contributed by atoms with Gasteiger partial charge < -0.3 is 4.98 Å². The number of fused-ring (bicyclic) bond motifs is 1. The first kappa shape index (κ1) is 13.5. The Balaban J connectivity index is 1.83. The number of nitrogens with zero attached hydrogens (tertiary/aromatic N) is 3. The highest BCUT2D eigenvalue weighted by molar-refractivity contribution is 8.00. The monoisotopic (exact) mass is 324 g/mol. The molecule has 20 heavy (non-hydrogen) atoms. The van der Waals surface area contributed by atoms with Gasteiger partial charge in [0.25, 0.3) is 0 Å². The lowest BCUT2D eigenvalue weighted by Gasteiger charge is -2.08. The van der Waals surface area contributed by atoms with Crippen LogP contribution in [0.3, 0.4) is 0 Å². The Kier molecular flexibility index (Phi) is 3.73. The van der Waals surface area contributed by atoms with Gasteiger partial charge in [0.2, 0.25) is 0 Å². The number of aromatic amines is 1. The first-order valence-electron chi connectivity index (χ1n) is 5.75. The first-order valence-corrected chi connectivity index (χ1v) is 7.83. The summed E-state index contributed by atoms with van der Waals surface area (Å²) in [5.74, 6) is 0.0400. The molecule has 0 bridgehead atoms. The number of thioether (sulfide) groups is 1. The van der Waals surface area contributed by atoms with Crippen LogP contribution in [0.5, 0.6) is 0 Å². The van der Waals surface area contributed by atoms with Gasteiger partial charge in [0, 0.05) is 0 Å². The quantitative estimate of drug-likeness (QED) is 0.452. The Morgan fingerprint density at radius 2 is 2.25 bits per heavy atom. The van der Waals surface area contributed by atoms with Gasteiger partial charge in [-0.1, -0.05) is 23.4 Å². The summed E-state index contributed by atoms with van der Waals surface area (Å²) in [4.78, 5) is 28.3. The molecule has 0 aliphatic heterocycles. The van der Waals surface area contributed by atoms with Gasteiger partial charge in [0.1, 0.15) is 16.9 Å². The van der Waals surface area contributed by atoms with Gasteiger partial charge >= 0.3 is 0 Å². The van der Waals surface area contributed by atoms with E-state index in [1.54, 1.807) is 18.5 Å². The average Bonchev–Trinajstić information content (AvgIpc) is 3.06. The third-order valence-electron chi connectivity index (χ3n) is 2.66. The van der Waals surface area contributed by atoms with Crippen LogP contribution in [-0.2, 0) is 0 Å². The van der Waals surface area contributed by atoms with E-state index in [4.69, 9.17) is 11.6 Å². The molecular formula is C12H9ClN4OS2. The molecule has 102 valence electrons. The van der Waals surface area contributed by atoms with Crippen molar-refractivity contribution in [3.8, 4) is 0 Å². The molecule has 1 unspecified atom stereocenters. The second kappa shape index (κ2) is 5.51. The number of H-pyrrole nitrogens is 1. The van der Waals surface area contributed by atoms with Gasteiger partial charge in [-0.2, -0.15) is 0 Å². The van der Waals surface area contributed by atoms with Crippen molar-refractivity contribution in [2.24, 2.45) is 0 Å². The normalized spacial score (nSPS) is 12.7. The van der Waals surface area contributed by atoms with E-state index in [9.17, 15) is 4.79 Å². The Bertz CT molecular complexity index is 770. The van der Waals surface area contributed by atoms with Crippen molar-refractivity contribution in [2.75, 3.05) is 0 Å². The Hall–Kier alpha value is -1.44. The second-order valence-corrected chi connectivity index (χ2v) is 7.05. The molecule has 8 heteroatoms. The molecule has 0 saturated carbocycles. The number of thiophene rings is 1. The van der Waals surface area contributed by atoms with Crippen LogP contribution in [0.4, 0.5) is 0 Å². The molecule has 0 spiro atoms. The molecule has 3 heterocycles. The number of ketones is 1. The van der Waals surface area contributed by atoms with Gasteiger partial charge in [0.15, 0.2) is 11.4 Å². The molecule has 0 saturated heterocycles. The fourth-order valence-electron chi connectivity index (χ4n) is 1.70. The largest absolute Gasteiger partial charge is 0.341 e. The highest BCUT2D eigenvalue weighted by Crippen LogP contribution is 2.30. The average molecular weight is 325 g/mol. The highest BCUT2D eigenvalue weighted by Gasteiger charge is 2.20. The molecule has 0 fully saturated rings. The van der Waals surface area contributed by atoms with Crippen molar-refractivity contribution in [1.29, 1.82) is 0 Å². The standard InChI is InChI=1S/C12H9ClN4OS2/c1-6(10(18)7-2-3-8(13)20-7)19-12-9-11(15-4-14-9)16-5-17-12/h2-6H,1H3,(H,14,15,16,17). The van der Waals surface area contributed by atoms with E-state index >= 15 is 0 Å². The second-order valence-electron chi connectivity index (χ2n) is 4.01. The fourth-order valence-corrected chi connectivity index (χ4v) is 3.79. The van der Waals surface area contributed by atoms with Gasteiger partial charge in [0.05, 0.1) is 20.8 Å². The van der Waals surface area contributed by atoms with E-state index < -0.39 is 0 Å². The van der Waals surface area contributed by atoms with Crippen molar-refractivity contribution in [1.82, 2.24) is 19.9 Å². The molecule has 5 nitrogen and oxygen atoms in total. The molecule has 3 aromatic rings. The maximum absolute atomic E-state index is 12.3. The number of rotatable bonds is 4. The number of hydrogen-bond donors (Lipinski definition) is 1. The minimum atomic E-state index is -0.258. The van der Waals surface area contributed by atoms with Gasteiger partial charge in [-0.05, 0) is 19.1 Å². The number of imidazole rings is 1. The molecule has 3 aromatic heterocycles. The number of Topliss-reactive ketones (excluding diaryl/α,β-unsaturated/α-hetero) is 1. The summed E-state index contributed by atoms with van der Waals surface area (Å²) in [5.41, 5.74) is 1.35. The maximum Gasteiger partial charge on any atom is 0.185 e. The summed E-state index contributed by atoms with van der Waals surface area (Å²) >= 11 is 8.53. The molecule has 3 rings (SSSR count). The lowest BCUT2D eigenvalue weighted by molar-refractivity contribution is 0.0998. The van der Waals surface area contributed by atoms with Crippen molar-refractivity contribution >= 4 is 51.6 Å². The smallest absolute Gasteiger partial charge is 0.185 e. The van der Waals surface area contributed by atoms with Crippen molar-refractivity contribution in [3.63, 3.8) is 0 Å². The number of nitrogens with one attached hydrogen (secondary N) is 1. The number of aromatic nitrogens is 4. The predicted octanol–water partition coefficient (Wildman–Crippen LogP) is 3.43. The number of hydrogen-bond acceptors (Lipinski definition) is 6. The number of halogens is 1. The van der Waals surface area contributed by atoms with Crippen molar-refractivity contribution < 1.29 is 4.79 Å². The summed E-state index contributed by atoms with van der Waals surface area (Å²) in [6.07, 6.45) is 3.01. The summed E-state index contributed by atoms with van der Waals surface area (Å²) in [6.45, 7) is 1.85. The van der Waals surface area contributed by atoms with Crippen LogP contribution in [0.25, 0.3) is 11.2 Å². The van der Waals surface area contributed by atoms with E-state index in [0.717, 1.165) is 10.5 Å². The van der Waals surface area contributed by atoms with Crippen molar-refractivity contribution in [3.05, 3.63) is 34.0 Å². The minimum absolute atomic E-state index is 0.0400.